The highest BCUT2D eigenvalue weighted by atomic mass is 16.5. The van der Waals surface area contributed by atoms with Crippen molar-refractivity contribution in [2.75, 3.05) is 13.2 Å². The van der Waals surface area contributed by atoms with Crippen LogP contribution in [0.1, 0.15) is 67.4 Å². The van der Waals surface area contributed by atoms with Crippen LogP contribution in [0.4, 0.5) is 0 Å². The fourth-order valence-electron chi connectivity index (χ4n) is 3.68. The van der Waals surface area contributed by atoms with Crippen LogP contribution in [0.15, 0.2) is 48.5 Å². The molecule has 1 atom stereocenters. The molecule has 0 amide bonds. The monoisotopic (exact) mass is 382 g/mol. The van der Waals surface area contributed by atoms with Gasteiger partial charge in [0.15, 0.2) is 0 Å². The van der Waals surface area contributed by atoms with Crippen molar-refractivity contribution in [3.05, 3.63) is 65.2 Å². The maximum absolute atomic E-state index is 11.9. The van der Waals surface area contributed by atoms with E-state index in [4.69, 9.17) is 9.47 Å². The Labute approximate surface area is 167 Å². The van der Waals surface area contributed by atoms with E-state index in [0.29, 0.717) is 18.8 Å². The number of unbranched alkanes of at least 4 members (excludes halogenated alkanes) is 1. The Bertz CT molecular complexity index is 762. The fourth-order valence-corrected chi connectivity index (χ4v) is 3.68. The van der Waals surface area contributed by atoms with Gasteiger partial charge < -0.3 is 14.6 Å². The molecule has 0 heterocycles. The molecule has 0 radical (unpaired) electrons. The van der Waals surface area contributed by atoms with Crippen LogP contribution in [0.3, 0.4) is 0 Å². The third-order valence-electron chi connectivity index (χ3n) is 5.59. The van der Waals surface area contributed by atoms with E-state index in [9.17, 15) is 9.90 Å². The maximum atomic E-state index is 11.9. The molecule has 0 spiro atoms. The minimum absolute atomic E-state index is 0.174. The number of aliphatic hydroxyl groups is 1. The number of esters is 1. The van der Waals surface area contributed by atoms with Gasteiger partial charge in [0.2, 0.25) is 0 Å². The Morgan fingerprint density at radius 2 is 1.64 bits per heavy atom. The molecule has 2 aromatic rings. The predicted octanol–water partition coefficient (Wildman–Crippen LogP) is 5.08. The van der Waals surface area contributed by atoms with Gasteiger partial charge in [0.05, 0.1) is 18.8 Å². The first-order valence-electron chi connectivity index (χ1n) is 10.3. The number of carbonyl (C=O) groups excluding carboxylic acids is 1. The number of hydrogen-bond donors (Lipinski definition) is 1. The lowest BCUT2D eigenvalue weighted by atomic mass is 9.66. The molecule has 4 heteroatoms. The lowest BCUT2D eigenvalue weighted by Crippen LogP contribution is -2.40. The van der Waals surface area contributed by atoms with Gasteiger partial charge in [-0.25, -0.2) is 4.79 Å². The molecule has 150 valence electrons. The summed E-state index contributed by atoms with van der Waals surface area (Å²) in [6, 6.07) is 14.9. The van der Waals surface area contributed by atoms with Crippen molar-refractivity contribution >= 4 is 5.97 Å². The highest BCUT2D eigenvalue weighted by Crippen LogP contribution is 2.47. The molecule has 1 unspecified atom stereocenters. The first-order valence-corrected chi connectivity index (χ1v) is 10.3. The van der Waals surface area contributed by atoms with Gasteiger partial charge in [0, 0.05) is 0 Å². The highest BCUT2D eigenvalue weighted by Gasteiger charge is 2.43. The summed E-state index contributed by atoms with van der Waals surface area (Å²) in [7, 11) is 0. The van der Waals surface area contributed by atoms with Crippen molar-refractivity contribution in [2.45, 2.75) is 51.6 Å². The van der Waals surface area contributed by atoms with Crippen molar-refractivity contribution in [3.63, 3.8) is 0 Å². The van der Waals surface area contributed by atoms with Crippen LogP contribution in [0, 0.1) is 5.92 Å². The molecular formula is C24H30O4. The number of benzene rings is 2. The molecule has 0 aromatic heterocycles. The summed E-state index contributed by atoms with van der Waals surface area (Å²) in [5.74, 6) is 0.661. The van der Waals surface area contributed by atoms with Gasteiger partial charge in [-0.1, -0.05) is 44.0 Å². The molecule has 28 heavy (non-hydrogen) atoms. The first-order chi connectivity index (χ1) is 13.6. The Balaban J connectivity index is 1.85. The Morgan fingerprint density at radius 1 is 1.04 bits per heavy atom. The quantitative estimate of drug-likeness (QED) is 0.485. The smallest absolute Gasteiger partial charge is 0.338 e. The number of carbonyl (C=O) groups is 1. The molecule has 4 nitrogen and oxygen atoms in total. The second-order valence-corrected chi connectivity index (χ2v) is 7.42. The van der Waals surface area contributed by atoms with Crippen molar-refractivity contribution in [3.8, 4) is 5.75 Å². The summed E-state index contributed by atoms with van der Waals surface area (Å²) in [5, 5.41) is 11.8. The summed E-state index contributed by atoms with van der Waals surface area (Å²) in [5.41, 5.74) is 1.11. The zero-order valence-electron chi connectivity index (χ0n) is 16.8. The van der Waals surface area contributed by atoms with E-state index in [1.807, 2.05) is 36.4 Å². The molecule has 1 fully saturated rings. The van der Waals surface area contributed by atoms with E-state index in [2.05, 4.69) is 6.92 Å². The second kappa shape index (κ2) is 9.24. The SMILES string of the molecule is CCCCOc1ccc(C(O)(c2ccc(C(=O)OCC)cc2)C2CCC2)cc1. The minimum Gasteiger partial charge on any atom is -0.494 e. The lowest BCUT2D eigenvalue weighted by Gasteiger charge is -2.42. The van der Waals surface area contributed by atoms with Crippen LogP contribution < -0.4 is 4.74 Å². The number of ether oxygens (including phenoxy) is 2. The molecular weight excluding hydrogens is 352 g/mol. The first kappa shape index (κ1) is 20.4. The minimum atomic E-state index is -1.06. The molecule has 0 saturated heterocycles. The van der Waals surface area contributed by atoms with E-state index < -0.39 is 5.60 Å². The van der Waals surface area contributed by atoms with Crippen molar-refractivity contribution < 1.29 is 19.4 Å². The molecule has 1 aliphatic carbocycles. The van der Waals surface area contributed by atoms with Crippen LogP contribution in [-0.4, -0.2) is 24.3 Å². The molecule has 2 aromatic carbocycles. The molecule has 0 bridgehead atoms. The fraction of sp³-hybridized carbons (Fsp3) is 0.458. The van der Waals surface area contributed by atoms with Crippen LogP contribution in [-0.2, 0) is 10.3 Å². The zero-order valence-corrected chi connectivity index (χ0v) is 16.8. The van der Waals surface area contributed by atoms with Crippen LogP contribution in [0.25, 0.3) is 0 Å². The normalized spacial score (nSPS) is 16.1. The van der Waals surface area contributed by atoms with Gasteiger partial charge in [-0.3, -0.25) is 0 Å². The van der Waals surface area contributed by atoms with E-state index in [1.54, 1.807) is 19.1 Å². The Hall–Kier alpha value is -2.33. The Kier molecular flexibility index (Phi) is 6.74. The molecule has 3 rings (SSSR count). The summed E-state index contributed by atoms with van der Waals surface area (Å²) in [6.07, 6.45) is 5.24. The highest BCUT2D eigenvalue weighted by molar-refractivity contribution is 5.89. The van der Waals surface area contributed by atoms with Gasteiger partial charge in [-0.2, -0.15) is 0 Å². The largest absolute Gasteiger partial charge is 0.494 e. The third-order valence-corrected chi connectivity index (χ3v) is 5.59. The average Bonchev–Trinajstić information content (AvgIpc) is 2.67. The molecule has 1 aliphatic rings. The average molecular weight is 383 g/mol. The lowest BCUT2D eigenvalue weighted by molar-refractivity contribution is -0.0200. The molecule has 0 aliphatic heterocycles. The maximum Gasteiger partial charge on any atom is 0.338 e. The van der Waals surface area contributed by atoms with Gasteiger partial charge in [-0.15, -0.1) is 0 Å². The van der Waals surface area contributed by atoms with Crippen LogP contribution in [0.5, 0.6) is 5.75 Å². The third kappa shape index (κ3) is 4.22. The van der Waals surface area contributed by atoms with Crippen molar-refractivity contribution in [2.24, 2.45) is 5.92 Å². The zero-order chi connectivity index (χ0) is 20.0. The predicted molar refractivity (Wildman–Crippen MR) is 110 cm³/mol. The van der Waals surface area contributed by atoms with Crippen molar-refractivity contribution in [1.82, 2.24) is 0 Å². The summed E-state index contributed by atoms with van der Waals surface area (Å²) in [4.78, 5) is 11.9. The summed E-state index contributed by atoms with van der Waals surface area (Å²) in [6.45, 7) is 4.98. The van der Waals surface area contributed by atoms with E-state index in [0.717, 1.165) is 49.0 Å². The molecule has 1 N–H and O–H groups in total. The number of hydrogen-bond acceptors (Lipinski definition) is 4. The summed E-state index contributed by atoms with van der Waals surface area (Å²) >= 11 is 0. The molecule has 1 saturated carbocycles. The van der Waals surface area contributed by atoms with Gasteiger partial charge in [0.1, 0.15) is 11.4 Å². The number of rotatable bonds is 9. The van der Waals surface area contributed by atoms with Crippen molar-refractivity contribution in [1.29, 1.82) is 0 Å². The Morgan fingerprint density at radius 3 is 2.14 bits per heavy atom. The summed E-state index contributed by atoms with van der Waals surface area (Å²) < 4.78 is 10.8. The van der Waals surface area contributed by atoms with Crippen LogP contribution >= 0.6 is 0 Å². The van der Waals surface area contributed by atoms with Gasteiger partial charge >= 0.3 is 5.97 Å². The standard InChI is InChI=1S/C24H30O4/c1-3-5-17-28-22-15-13-21(14-16-22)24(26,19-7-6-8-19)20-11-9-18(10-12-20)23(25)27-4-2/h9-16,19,26H,3-8,17H2,1-2H3. The second-order valence-electron chi connectivity index (χ2n) is 7.42. The van der Waals surface area contributed by atoms with E-state index in [-0.39, 0.29) is 11.9 Å². The van der Waals surface area contributed by atoms with Gasteiger partial charge in [0.25, 0.3) is 0 Å². The van der Waals surface area contributed by atoms with E-state index >= 15 is 0 Å². The van der Waals surface area contributed by atoms with Crippen LogP contribution in [0.2, 0.25) is 0 Å². The van der Waals surface area contributed by atoms with E-state index in [1.165, 1.54) is 0 Å². The van der Waals surface area contributed by atoms with Gasteiger partial charge in [-0.05, 0) is 67.5 Å². The topological polar surface area (TPSA) is 55.8 Å².